The van der Waals surface area contributed by atoms with Crippen LogP contribution in [-0.2, 0) is 6.54 Å². The van der Waals surface area contributed by atoms with Gasteiger partial charge in [0.1, 0.15) is 0 Å². The average molecular weight is 492 g/mol. The van der Waals surface area contributed by atoms with E-state index in [1.807, 2.05) is 103 Å². The van der Waals surface area contributed by atoms with Crippen LogP contribution in [-0.4, -0.2) is 46.5 Å². The van der Waals surface area contributed by atoms with Crippen LogP contribution in [0.3, 0.4) is 0 Å². The van der Waals surface area contributed by atoms with Crippen LogP contribution in [0, 0.1) is 12.3 Å². The zero-order chi connectivity index (χ0) is 26.1. The monoisotopic (exact) mass is 491 g/mol. The normalized spacial score (nSPS) is 16.2. The third-order valence-electron chi connectivity index (χ3n) is 7.85. The van der Waals surface area contributed by atoms with Gasteiger partial charge in [0.25, 0.3) is 11.8 Å². The van der Waals surface area contributed by atoms with Crippen LogP contribution in [0.2, 0.25) is 0 Å². The van der Waals surface area contributed by atoms with Crippen LogP contribution in [0.4, 0.5) is 0 Å². The lowest BCUT2D eigenvalue weighted by molar-refractivity contribution is 0.0535. The van der Waals surface area contributed by atoms with Crippen molar-refractivity contribution >= 4 is 23.1 Å². The lowest BCUT2D eigenvalue weighted by atomic mass is 9.90. The number of nitrogens with zero attached hydrogens (tertiary/aromatic N) is 2. The zero-order valence-electron chi connectivity index (χ0n) is 21.8. The molecule has 5 heteroatoms. The maximum Gasteiger partial charge on any atom is 0.254 e. The van der Waals surface area contributed by atoms with Crippen LogP contribution in [0.5, 0.6) is 0 Å². The molecule has 2 amide bonds. The first-order chi connectivity index (χ1) is 17.9. The molecule has 188 valence electrons. The molecule has 0 radical (unpaired) electrons. The van der Waals surface area contributed by atoms with Crippen LogP contribution < -0.4 is 0 Å². The first kappa shape index (κ1) is 24.7. The Morgan fingerprint density at radius 1 is 0.946 bits per heavy atom. The summed E-state index contributed by atoms with van der Waals surface area (Å²) in [6.45, 7) is 7.93. The second-order valence-electron chi connectivity index (χ2n) is 10.0. The van der Waals surface area contributed by atoms with Gasteiger partial charge in [-0.25, -0.2) is 0 Å². The summed E-state index contributed by atoms with van der Waals surface area (Å²) in [5.41, 5.74) is 7.73. The predicted molar refractivity (Wildman–Crippen MR) is 148 cm³/mol. The number of likely N-dealkylation sites (tertiary alicyclic amines) is 1. The quantitative estimate of drug-likeness (QED) is 0.439. The molecule has 0 spiro atoms. The van der Waals surface area contributed by atoms with Crippen LogP contribution in [0.1, 0.15) is 75.2 Å². The Labute approximate surface area is 218 Å². The number of nitrogens with one attached hydrogen (secondary N) is 1. The van der Waals surface area contributed by atoms with Crippen LogP contribution >= 0.6 is 0 Å². The number of hydrogen-bond donors (Lipinski definition) is 1. The number of benzene rings is 3. The van der Waals surface area contributed by atoms with Crippen molar-refractivity contribution in [3.63, 3.8) is 0 Å². The van der Waals surface area contributed by atoms with Crippen molar-refractivity contribution < 1.29 is 9.59 Å². The highest BCUT2D eigenvalue weighted by atomic mass is 16.2. The Balaban J connectivity index is 1.32. The molecule has 3 aromatic carbocycles. The fraction of sp³-hybridized carbons (Fsp3) is 0.281. The van der Waals surface area contributed by atoms with Gasteiger partial charge >= 0.3 is 0 Å². The molecule has 5 nitrogen and oxygen atoms in total. The summed E-state index contributed by atoms with van der Waals surface area (Å²) >= 11 is 0. The van der Waals surface area contributed by atoms with Crippen molar-refractivity contribution in [2.45, 2.75) is 46.2 Å². The largest absolute Gasteiger partial charge is 0.338 e. The third-order valence-corrected chi connectivity index (χ3v) is 7.85. The molecule has 2 aliphatic heterocycles. The summed E-state index contributed by atoms with van der Waals surface area (Å²) in [6, 6.07) is 21.6. The van der Waals surface area contributed by atoms with E-state index in [4.69, 9.17) is 5.41 Å². The van der Waals surface area contributed by atoms with Gasteiger partial charge in [-0.1, -0.05) is 54.6 Å². The number of hydrogen-bond acceptors (Lipinski definition) is 3. The molecule has 37 heavy (non-hydrogen) atoms. The SMILES string of the molecule is C/C=C(\C)c1cc(C(=O)N2CCC(N3Cc4ccccc4C3=O)CC2)ccc1C(=N)c1ccccc1C. The predicted octanol–water partition coefficient (Wildman–Crippen LogP) is 6.09. The number of aryl methyl sites for hydroxylation is 1. The highest BCUT2D eigenvalue weighted by Crippen LogP contribution is 2.30. The number of carbonyl (C=O) groups excluding carboxylic acids is 2. The maximum absolute atomic E-state index is 13.5. The standard InChI is InChI=1S/C32H33N3O2/c1-4-21(2)29-19-23(13-14-28(29)30(33)26-11-7-5-9-22(26)3)31(36)34-17-15-25(16-18-34)35-20-24-10-6-8-12-27(24)32(35)37/h4-14,19,25,33H,15-18,20H2,1-3H3/b21-4+,33-30?. The van der Waals surface area contributed by atoms with E-state index in [9.17, 15) is 9.59 Å². The minimum Gasteiger partial charge on any atom is -0.338 e. The molecule has 5 rings (SSSR count). The van der Waals surface area contributed by atoms with Gasteiger partial charge in [-0.2, -0.15) is 0 Å². The number of rotatable bonds is 5. The summed E-state index contributed by atoms with van der Waals surface area (Å²) in [5, 5.41) is 8.91. The van der Waals surface area contributed by atoms with E-state index in [2.05, 4.69) is 0 Å². The van der Waals surface area contributed by atoms with Gasteiger partial charge in [-0.3, -0.25) is 15.0 Å². The molecule has 1 fully saturated rings. The highest BCUT2D eigenvalue weighted by molar-refractivity contribution is 6.14. The molecule has 0 atom stereocenters. The molecule has 0 bridgehead atoms. The van der Waals surface area contributed by atoms with Gasteiger partial charge in [-0.05, 0) is 74.1 Å². The van der Waals surface area contributed by atoms with E-state index in [-0.39, 0.29) is 17.9 Å². The Kier molecular flexibility index (Phi) is 6.79. The molecule has 2 heterocycles. The fourth-order valence-electron chi connectivity index (χ4n) is 5.51. The van der Waals surface area contributed by atoms with E-state index in [0.29, 0.717) is 30.9 Å². The topological polar surface area (TPSA) is 64.5 Å². The molecule has 0 saturated carbocycles. The van der Waals surface area contributed by atoms with Gasteiger partial charge in [0.05, 0.1) is 5.71 Å². The minimum atomic E-state index is 0.00797. The Bertz CT molecular complexity index is 1410. The smallest absolute Gasteiger partial charge is 0.254 e. The molecular weight excluding hydrogens is 458 g/mol. The van der Waals surface area contributed by atoms with E-state index in [1.165, 1.54) is 0 Å². The average Bonchev–Trinajstić information content (AvgIpc) is 3.28. The number of allylic oxidation sites excluding steroid dienone is 2. The second kappa shape index (κ2) is 10.2. The minimum absolute atomic E-state index is 0.00797. The number of carbonyl (C=O) groups is 2. The molecule has 0 aromatic heterocycles. The number of fused-ring (bicyclic) bond motifs is 1. The molecule has 0 aliphatic carbocycles. The lowest BCUT2D eigenvalue weighted by Crippen LogP contribution is -2.46. The van der Waals surface area contributed by atoms with E-state index >= 15 is 0 Å². The number of amides is 2. The fourth-order valence-corrected chi connectivity index (χ4v) is 5.51. The van der Waals surface area contributed by atoms with E-state index < -0.39 is 0 Å². The zero-order valence-corrected chi connectivity index (χ0v) is 21.8. The van der Waals surface area contributed by atoms with Crippen LogP contribution in [0.15, 0.2) is 72.8 Å². The second-order valence-corrected chi connectivity index (χ2v) is 10.0. The molecule has 1 N–H and O–H groups in total. The van der Waals surface area contributed by atoms with Crippen molar-refractivity contribution in [3.05, 3.63) is 112 Å². The molecule has 3 aromatic rings. The van der Waals surface area contributed by atoms with Gasteiger partial charge < -0.3 is 9.80 Å². The Morgan fingerprint density at radius 3 is 2.35 bits per heavy atom. The van der Waals surface area contributed by atoms with Gasteiger partial charge in [0.15, 0.2) is 0 Å². The van der Waals surface area contributed by atoms with E-state index in [1.54, 1.807) is 0 Å². The summed E-state index contributed by atoms with van der Waals surface area (Å²) in [4.78, 5) is 30.3. The molecule has 1 saturated heterocycles. The van der Waals surface area contributed by atoms with Gasteiger partial charge in [-0.15, -0.1) is 0 Å². The van der Waals surface area contributed by atoms with Crippen LogP contribution in [0.25, 0.3) is 5.57 Å². The molecule has 0 unspecified atom stereocenters. The van der Waals surface area contributed by atoms with Gasteiger partial charge in [0.2, 0.25) is 0 Å². The maximum atomic E-state index is 13.5. The van der Waals surface area contributed by atoms with Crippen molar-refractivity contribution in [1.29, 1.82) is 5.41 Å². The Morgan fingerprint density at radius 2 is 1.65 bits per heavy atom. The number of piperidine rings is 1. The van der Waals surface area contributed by atoms with Crippen molar-refractivity contribution in [3.8, 4) is 0 Å². The summed E-state index contributed by atoms with van der Waals surface area (Å²) < 4.78 is 0. The Hall–Kier alpha value is -3.99. The highest BCUT2D eigenvalue weighted by Gasteiger charge is 2.35. The molecule has 2 aliphatic rings. The lowest BCUT2D eigenvalue weighted by Gasteiger charge is -2.36. The van der Waals surface area contributed by atoms with E-state index in [0.717, 1.165) is 51.8 Å². The summed E-state index contributed by atoms with van der Waals surface area (Å²) in [7, 11) is 0. The summed E-state index contributed by atoms with van der Waals surface area (Å²) in [5.74, 6) is 0.118. The first-order valence-electron chi connectivity index (χ1n) is 13.0. The van der Waals surface area contributed by atoms with Crippen molar-refractivity contribution in [2.75, 3.05) is 13.1 Å². The summed E-state index contributed by atoms with van der Waals surface area (Å²) in [6.07, 6.45) is 3.58. The van der Waals surface area contributed by atoms with Crippen molar-refractivity contribution in [1.82, 2.24) is 9.80 Å². The van der Waals surface area contributed by atoms with Gasteiger partial charge in [0, 0.05) is 47.9 Å². The molecular formula is C32H33N3O2. The third kappa shape index (κ3) is 4.62. The van der Waals surface area contributed by atoms with Crippen molar-refractivity contribution in [2.24, 2.45) is 0 Å². The first-order valence-corrected chi connectivity index (χ1v) is 13.0.